The minimum atomic E-state index is -0.311. The predicted octanol–water partition coefficient (Wildman–Crippen LogP) is 3.64. The van der Waals surface area contributed by atoms with E-state index in [0.717, 1.165) is 44.9 Å². The SMILES string of the molecule is N#COCCCCCCNC(=O)OCC1CCc2cscc2C1. The number of amides is 1. The van der Waals surface area contributed by atoms with Gasteiger partial charge in [0.05, 0.1) is 6.61 Å². The second-order valence-electron chi connectivity index (χ2n) is 5.91. The van der Waals surface area contributed by atoms with Gasteiger partial charge < -0.3 is 14.8 Å². The molecule has 6 heteroatoms. The summed E-state index contributed by atoms with van der Waals surface area (Å²) in [5.74, 6) is 0.447. The molecule has 126 valence electrons. The number of hydrogen-bond donors (Lipinski definition) is 1. The van der Waals surface area contributed by atoms with Gasteiger partial charge in [-0.2, -0.15) is 16.6 Å². The van der Waals surface area contributed by atoms with E-state index in [-0.39, 0.29) is 6.09 Å². The molecule has 2 rings (SSSR count). The number of thiophene rings is 1. The average Bonchev–Trinajstić information content (AvgIpc) is 3.03. The van der Waals surface area contributed by atoms with E-state index in [0.29, 0.717) is 25.7 Å². The fourth-order valence-electron chi connectivity index (χ4n) is 2.80. The van der Waals surface area contributed by atoms with Crippen molar-refractivity contribution in [1.82, 2.24) is 5.32 Å². The molecule has 0 spiro atoms. The first-order chi connectivity index (χ1) is 11.3. The Hall–Kier alpha value is -1.74. The molecular weight excluding hydrogens is 312 g/mol. The number of nitrogens with one attached hydrogen (secondary N) is 1. The number of alkyl carbamates (subject to hydrolysis) is 1. The molecule has 0 fully saturated rings. The van der Waals surface area contributed by atoms with Crippen LogP contribution in [0.25, 0.3) is 0 Å². The number of carbonyl (C=O) groups excluding carboxylic acids is 1. The third kappa shape index (κ3) is 6.49. The highest BCUT2D eigenvalue weighted by Gasteiger charge is 2.20. The van der Waals surface area contributed by atoms with Gasteiger partial charge in [0.1, 0.15) is 6.61 Å². The van der Waals surface area contributed by atoms with Gasteiger partial charge in [-0.05, 0) is 66.3 Å². The van der Waals surface area contributed by atoms with Crippen molar-refractivity contribution in [3.8, 4) is 6.26 Å². The number of carbonyl (C=O) groups is 1. The van der Waals surface area contributed by atoms with Crippen molar-refractivity contribution < 1.29 is 14.3 Å². The first-order valence-electron chi connectivity index (χ1n) is 8.25. The molecular formula is C17H24N2O3S. The molecule has 1 unspecified atom stereocenters. The summed E-state index contributed by atoms with van der Waals surface area (Å²) >= 11 is 1.76. The summed E-state index contributed by atoms with van der Waals surface area (Å²) < 4.78 is 9.93. The molecule has 0 aromatic carbocycles. The average molecular weight is 336 g/mol. The van der Waals surface area contributed by atoms with Crippen LogP contribution >= 0.6 is 11.3 Å². The molecule has 1 aliphatic rings. The van der Waals surface area contributed by atoms with Gasteiger partial charge >= 0.3 is 6.09 Å². The first-order valence-corrected chi connectivity index (χ1v) is 9.19. The van der Waals surface area contributed by atoms with Crippen LogP contribution in [0, 0.1) is 17.4 Å². The Morgan fingerprint density at radius 1 is 1.30 bits per heavy atom. The Bertz CT molecular complexity index is 524. The lowest BCUT2D eigenvalue weighted by Crippen LogP contribution is -2.28. The number of hydrogen-bond acceptors (Lipinski definition) is 5. The third-order valence-electron chi connectivity index (χ3n) is 4.12. The Morgan fingerprint density at radius 3 is 3.00 bits per heavy atom. The number of aryl methyl sites for hydroxylation is 1. The number of fused-ring (bicyclic) bond motifs is 1. The Morgan fingerprint density at radius 2 is 2.13 bits per heavy atom. The van der Waals surface area contributed by atoms with Gasteiger partial charge in [-0.25, -0.2) is 4.79 Å². The number of rotatable bonds is 9. The van der Waals surface area contributed by atoms with E-state index in [9.17, 15) is 4.79 Å². The molecule has 5 nitrogen and oxygen atoms in total. The summed E-state index contributed by atoms with van der Waals surface area (Å²) in [6.45, 7) is 1.63. The molecule has 1 N–H and O–H groups in total. The normalized spacial score (nSPS) is 16.2. The van der Waals surface area contributed by atoms with E-state index in [1.807, 2.05) is 0 Å². The lowest BCUT2D eigenvalue weighted by molar-refractivity contribution is 0.123. The van der Waals surface area contributed by atoms with Gasteiger partial charge in [0.25, 0.3) is 6.26 Å². The van der Waals surface area contributed by atoms with E-state index < -0.39 is 0 Å². The number of unbranched alkanes of at least 4 members (excludes halogenated alkanes) is 3. The Balaban J connectivity index is 1.47. The molecule has 1 atom stereocenters. The standard InChI is InChI=1S/C17H24N2O3S/c18-13-21-8-4-2-1-3-7-19-17(20)22-10-14-5-6-15-11-23-12-16(15)9-14/h11-12,14H,1-10H2,(H,19,20). The van der Waals surface area contributed by atoms with Crippen molar-refractivity contribution in [2.45, 2.75) is 44.9 Å². The van der Waals surface area contributed by atoms with Crippen LogP contribution in [0.5, 0.6) is 0 Å². The van der Waals surface area contributed by atoms with E-state index in [4.69, 9.17) is 10.00 Å². The van der Waals surface area contributed by atoms with E-state index >= 15 is 0 Å². The summed E-state index contributed by atoms with van der Waals surface area (Å²) in [4.78, 5) is 11.7. The summed E-state index contributed by atoms with van der Waals surface area (Å²) in [6, 6.07) is 0. The van der Waals surface area contributed by atoms with Crippen LogP contribution in [-0.2, 0) is 22.3 Å². The summed E-state index contributed by atoms with van der Waals surface area (Å²) in [5.41, 5.74) is 2.89. The van der Waals surface area contributed by atoms with Crippen LogP contribution in [-0.4, -0.2) is 25.9 Å². The molecule has 1 aromatic rings. The van der Waals surface area contributed by atoms with Gasteiger partial charge in [0, 0.05) is 6.54 Å². The van der Waals surface area contributed by atoms with E-state index in [1.54, 1.807) is 17.6 Å². The maximum atomic E-state index is 11.7. The minimum Gasteiger partial charge on any atom is -0.449 e. The molecule has 1 amide bonds. The lowest BCUT2D eigenvalue weighted by atomic mass is 9.87. The van der Waals surface area contributed by atoms with E-state index in [1.165, 1.54) is 11.1 Å². The maximum absolute atomic E-state index is 11.7. The lowest BCUT2D eigenvalue weighted by Gasteiger charge is -2.22. The van der Waals surface area contributed by atoms with E-state index in [2.05, 4.69) is 20.8 Å². The van der Waals surface area contributed by atoms with Gasteiger partial charge in [-0.3, -0.25) is 0 Å². The molecule has 1 heterocycles. The van der Waals surface area contributed by atoms with Crippen LogP contribution in [0.2, 0.25) is 0 Å². The number of ether oxygens (including phenoxy) is 2. The molecule has 0 bridgehead atoms. The highest BCUT2D eigenvalue weighted by Crippen LogP contribution is 2.28. The molecule has 0 saturated heterocycles. The minimum absolute atomic E-state index is 0.311. The van der Waals surface area contributed by atoms with Crippen LogP contribution in [0.3, 0.4) is 0 Å². The molecule has 0 radical (unpaired) electrons. The van der Waals surface area contributed by atoms with Crippen LogP contribution in [0.15, 0.2) is 10.8 Å². The number of nitrogens with zero attached hydrogens (tertiary/aromatic N) is 1. The molecule has 1 aromatic heterocycles. The fraction of sp³-hybridized carbons (Fsp3) is 0.647. The van der Waals surface area contributed by atoms with Gasteiger partial charge in [0.2, 0.25) is 0 Å². The largest absolute Gasteiger partial charge is 0.449 e. The van der Waals surface area contributed by atoms with Crippen molar-refractivity contribution in [2.75, 3.05) is 19.8 Å². The topological polar surface area (TPSA) is 71.3 Å². The zero-order valence-electron chi connectivity index (χ0n) is 13.4. The quantitative estimate of drug-likeness (QED) is 0.552. The molecule has 23 heavy (non-hydrogen) atoms. The summed E-state index contributed by atoms with van der Waals surface area (Å²) in [5, 5.41) is 15.5. The predicted molar refractivity (Wildman–Crippen MR) is 89.2 cm³/mol. The Kier molecular flexibility index (Phi) is 7.74. The fourth-order valence-corrected chi connectivity index (χ4v) is 3.71. The second kappa shape index (κ2) is 10.1. The first kappa shape index (κ1) is 17.6. The highest BCUT2D eigenvalue weighted by atomic mass is 32.1. The second-order valence-corrected chi connectivity index (χ2v) is 6.65. The van der Waals surface area contributed by atoms with Gasteiger partial charge in [-0.1, -0.05) is 6.42 Å². The van der Waals surface area contributed by atoms with Crippen LogP contribution in [0.4, 0.5) is 4.79 Å². The zero-order chi connectivity index (χ0) is 16.3. The Labute approximate surface area is 141 Å². The molecule has 0 aliphatic heterocycles. The van der Waals surface area contributed by atoms with Crippen LogP contribution < -0.4 is 5.32 Å². The van der Waals surface area contributed by atoms with Crippen molar-refractivity contribution >= 4 is 17.4 Å². The zero-order valence-corrected chi connectivity index (χ0v) is 14.2. The monoisotopic (exact) mass is 336 g/mol. The smallest absolute Gasteiger partial charge is 0.407 e. The van der Waals surface area contributed by atoms with Gasteiger partial charge in [0.15, 0.2) is 0 Å². The van der Waals surface area contributed by atoms with Crippen molar-refractivity contribution in [3.05, 3.63) is 21.9 Å². The summed E-state index contributed by atoms with van der Waals surface area (Å²) in [7, 11) is 0. The molecule has 0 saturated carbocycles. The highest BCUT2D eigenvalue weighted by molar-refractivity contribution is 7.08. The van der Waals surface area contributed by atoms with Crippen molar-refractivity contribution in [3.63, 3.8) is 0 Å². The number of nitriles is 1. The maximum Gasteiger partial charge on any atom is 0.407 e. The molecule has 1 aliphatic carbocycles. The van der Waals surface area contributed by atoms with Crippen molar-refractivity contribution in [2.24, 2.45) is 5.92 Å². The third-order valence-corrected chi connectivity index (χ3v) is 4.96. The van der Waals surface area contributed by atoms with Crippen molar-refractivity contribution in [1.29, 1.82) is 5.26 Å². The van der Waals surface area contributed by atoms with Gasteiger partial charge in [-0.15, -0.1) is 0 Å². The van der Waals surface area contributed by atoms with Crippen LogP contribution in [0.1, 0.15) is 43.2 Å². The summed E-state index contributed by atoms with van der Waals surface area (Å²) in [6.07, 6.45) is 8.39.